The summed E-state index contributed by atoms with van der Waals surface area (Å²) in [5.74, 6) is -0.325. The SMILES string of the molecule is CCOC(=O)CCC1CC(O)CN1C(=O)O. The number of β-amino-alcohol motifs (C(OH)–C–C–N with tert-alkyl or cyclic N) is 1. The fourth-order valence-corrected chi connectivity index (χ4v) is 1.92. The van der Waals surface area contributed by atoms with E-state index < -0.39 is 12.2 Å². The highest BCUT2D eigenvalue weighted by atomic mass is 16.5. The van der Waals surface area contributed by atoms with E-state index in [4.69, 9.17) is 9.84 Å². The Hall–Kier alpha value is -1.30. The maximum Gasteiger partial charge on any atom is 0.407 e. The van der Waals surface area contributed by atoms with Crippen LogP contribution in [-0.4, -0.2) is 52.5 Å². The summed E-state index contributed by atoms with van der Waals surface area (Å²) in [5, 5.41) is 18.2. The summed E-state index contributed by atoms with van der Waals surface area (Å²) >= 11 is 0. The van der Waals surface area contributed by atoms with Crippen LogP contribution in [0.5, 0.6) is 0 Å². The van der Waals surface area contributed by atoms with E-state index in [0.717, 1.165) is 0 Å². The third-order valence-electron chi connectivity index (χ3n) is 2.63. The van der Waals surface area contributed by atoms with E-state index in [1.165, 1.54) is 4.90 Å². The first-order valence-electron chi connectivity index (χ1n) is 5.37. The lowest BCUT2D eigenvalue weighted by Gasteiger charge is -2.20. The summed E-state index contributed by atoms with van der Waals surface area (Å²) in [6, 6.07) is -0.281. The molecular weight excluding hydrogens is 214 g/mol. The Morgan fingerprint density at radius 1 is 1.50 bits per heavy atom. The van der Waals surface area contributed by atoms with E-state index in [1.807, 2.05) is 0 Å². The predicted octanol–water partition coefficient (Wildman–Crippen LogP) is 0.443. The lowest BCUT2D eigenvalue weighted by molar-refractivity contribution is -0.143. The van der Waals surface area contributed by atoms with Gasteiger partial charge in [0, 0.05) is 12.5 Å². The first-order chi connectivity index (χ1) is 7.54. The first-order valence-corrected chi connectivity index (χ1v) is 5.37. The maximum absolute atomic E-state index is 11.1. The normalized spacial score (nSPS) is 24.5. The number of carboxylic acid groups (broad SMARTS) is 1. The van der Waals surface area contributed by atoms with Crippen LogP contribution in [0.4, 0.5) is 4.79 Å². The quantitative estimate of drug-likeness (QED) is 0.686. The van der Waals surface area contributed by atoms with Crippen LogP contribution in [0, 0.1) is 0 Å². The molecule has 0 aromatic rings. The number of amides is 1. The van der Waals surface area contributed by atoms with Crippen molar-refractivity contribution in [1.82, 2.24) is 4.90 Å². The average Bonchev–Trinajstić information content (AvgIpc) is 2.57. The molecule has 6 heteroatoms. The van der Waals surface area contributed by atoms with Gasteiger partial charge in [0.25, 0.3) is 0 Å². The molecule has 1 aliphatic heterocycles. The van der Waals surface area contributed by atoms with E-state index in [0.29, 0.717) is 19.4 Å². The van der Waals surface area contributed by atoms with Gasteiger partial charge in [-0.2, -0.15) is 0 Å². The van der Waals surface area contributed by atoms with Crippen molar-refractivity contribution in [3.8, 4) is 0 Å². The van der Waals surface area contributed by atoms with Gasteiger partial charge in [0.05, 0.1) is 19.3 Å². The third-order valence-corrected chi connectivity index (χ3v) is 2.63. The molecule has 0 aromatic carbocycles. The number of aliphatic hydroxyl groups is 1. The number of rotatable bonds is 4. The summed E-state index contributed by atoms with van der Waals surface area (Å²) in [6.45, 7) is 2.18. The van der Waals surface area contributed by atoms with Crippen LogP contribution in [-0.2, 0) is 9.53 Å². The smallest absolute Gasteiger partial charge is 0.407 e. The minimum absolute atomic E-state index is 0.128. The molecule has 0 bridgehead atoms. The molecule has 0 saturated carbocycles. The third kappa shape index (κ3) is 3.37. The Morgan fingerprint density at radius 2 is 2.19 bits per heavy atom. The maximum atomic E-state index is 11.1. The van der Waals surface area contributed by atoms with Gasteiger partial charge in [-0.25, -0.2) is 4.79 Å². The molecule has 1 saturated heterocycles. The van der Waals surface area contributed by atoms with Gasteiger partial charge in [-0.15, -0.1) is 0 Å². The molecule has 0 aliphatic carbocycles. The van der Waals surface area contributed by atoms with Gasteiger partial charge in [-0.3, -0.25) is 4.79 Å². The zero-order valence-electron chi connectivity index (χ0n) is 9.26. The zero-order chi connectivity index (χ0) is 12.1. The highest BCUT2D eigenvalue weighted by Crippen LogP contribution is 2.22. The minimum Gasteiger partial charge on any atom is -0.466 e. The molecule has 1 amide bonds. The molecule has 92 valence electrons. The molecular formula is C10H17NO5. The van der Waals surface area contributed by atoms with Crippen LogP contribution in [0.25, 0.3) is 0 Å². The van der Waals surface area contributed by atoms with Crippen LogP contribution in [0.1, 0.15) is 26.2 Å². The predicted molar refractivity (Wildman–Crippen MR) is 55.0 cm³/mol. The van der Waals surface area contributed by atoms with E-state index in [9.17, 15) is 14.7 Å². The summed E-state index contributed by atoms with van der Waals surface area (Å²) < 4.78 is 4.76. The lowest BCUT2D eigenvalue weighted by atomic mass is 10.1. The Labute approximate surface area is 93.8 Å². The van der Waals surface area contributed by atoms with Gasteiger partial charge < -0.3 is 19.8 Å². The topological polar surface area (TPSA) is 87.1 Å². The van der Waals surface area contributed by atoms with E-state index >= 15 is 0 Å². The number of ether oxygens (including phenoxy) is 1. The molecule has 1 rings (SSSR count). The van der Waals surface area contributed by atoms with Crippen molar-refractivity contribution < 1.29 is 24.5 Å². The van der Waals surface area contributed by atoms with Gasteiger partial charge in [-0.05, 0) is 19.8 Å². The molecule has 2 N–H and O–H groups in total. The number of nitrogens with zero attached hydrogens (tertiary/aromatic N) is 1. The summed E-state index contributed by atoms with van der Waals surface area (Å²) in [4.78, 5) is 23.1. The largest absolute Gasteiger partial charge is 0.466 e. The fourth-order valence-electron chi connectivity index (χ4n) is 1.92. The van der Waals surface area contributed by atoms with Gasteiger partial charge >= 0.3 is 12.1 Å². The number of carbonyl (C=O) groups is 2. The fraction of sp³-hybridized carbons (Fsp3) is 0.800. The molecule has 0 aromatic heterocycles. The lowest BCUT2D eigenvalue weighted by Crippen LogP contribution is -2.35. The molecule has 2 unspecified atom stereocenters. The van der Waals surface area contributed by atoms with Crippen molar-refractivity contribution in [1.29, 1.82) is 0 Å². The summed E-state index contributed by atoms with van der Waals surface area (Å²) in [6.07, 6.45) is -0.684. The molecule has 0 radical (unpaired) electrons. The number of hydrogen-bond donors (Lipinski definition) is 2. The van der Waals surface area contributed by atoms with Crippen LogP contribution in [0.15, 0.2) is 0 Å². The number of aliphatic hydroxyl groups excluding tert-OH is 1. The van der Waals surface area contributed by atoms with Crippen molar-refractivity contribution in [3.63, 3.8) is 0 Å². The molecule has 1 aliphatic rings. The molecule has 1 heterocycles. The average molecular weight is 231 g/mol. The monoisotopic (exact) mass is 231 g/mol. The Kier molecular flexibility index (Phi) is 4.54. The van der Waals surface area contributed by atoms with Gasteiger partial charge in [-0.1, -0.05) is 0 Å². The summed E-state index contributed by atoms with van der Waals surface area (Å²) in [5.41, 5.74) is 0. The van der Waals surface area contributed by atoms with E-state index in [1.54, 1.807) is 6.92 Å². The van der Waals surface area contributed by atoms with E-state index in [-0.39, 0.29) is 25.0 Å². The van der Waals surface area contributed by atoms with Crippen molar-refractivity contribution in [3.05, 3.63) is 0 Å². The standard InChI is InChI=1S/C10H17NO5/c1-2-16-9(13)4-3-7-5-8(12)6-11(7)10(14)15/h7-8,12H,2-6H2,1H3,(H,14,15). The van der Waals surface area contributed by atoms with Gasteiger partial charge in [0.2, 0.25) is 0 Å². The van der Waals surface area contributed by atoms with Crippen molar-refractivity contribution >= 4 is 12.1 Å². The Bertz CT molecular complexity index is 268. The first kappa shape index (κ1) is 12.8. The van der Waals surface area contributed by atoms with Gasteiger partial charge in [0.15, 0.2) is 0 Å². The zero-order valence-corrected chi connectivity index (χ0v) is 9.26. The number of carbonyl (C=O) groups excluding carboxylic acids is 1. The molecule has 1 fully saturated rings. The van der Waals surface area contributed by atoms with Crippen molar-refractivity contribution in [2.24, 2.45) is 0 Å². The molecule has 2 atom stereocenters. The second kappa shape index (κ2) is 5.69. The number of likely N-dealkylation sites (tertiary alicyclic amines) is 1. The van der Waals surface area contributed by atoms with Crippen LogP contribution in [0.3, 0.4) is 0 Å². The number of hydrogen-bond acceptors (Lipinski definition) is 4. The highest BCUT2D eigenvalue weighted by Gasteiger charge is 2.34. The second-order valence-electron chi connectivity index (χ2n) is 3.82. The van der Waals surface area contributed by atoms with E-state index in [2.05, 4.69) is 0 Å². The van der Waals surface area contributed by atoms with Crippen LogP contribution < -0.4 is 0 Å². The highest BCUT2D eigenvalue weighted by molar-refractivity contribution is 5.70. The van der Waals surface area contributed by atoms with Crippen LogP contribution >= 0.6 is 0 Å². The number of esters is 1. The molecule has 16 heavy (non-hydrogen) atoms. The summed E-state index contributed by atoms with van der Waals surface area (Å²) in [7, 11) is 0. The molecule has 6 nitrogen and oxygen atoms in total. The molecule has 0 spiro atoms. The minimum atomic E-state index is -1.05. The second-order valence-corrected chi connectivity index (χ2v) is 3.82. The van der Waals surface area contributed by atoms with Gasteiger partial charge in [0.1, 0.15) is 0 Å². The Morgan fingerprint density at radius 3 is 2.75 bits per heavy atom. The van der Waals surface area contributed by atoms with Crippen LogP contribution in [0.2, 0.25) is 0 Å². The Balaban J connectivity index is 2.40. The van der Waals surface area contributed by atoms with Crippen molar-refractivity contribution in [2.75, 3.05) is 13.2 Å². The van der Waals surface area contributed by atoms with Crippen molar-refractivity contribution in [2.45, 2.75) is 38.3 Å².